The number of carbonyl (C=O) groups excluding carboxylic acids is 2. The standard InChI is InChI=1S/C21H31N7O2S/c1-15-7-6-8-16(2)19(15)22-17(29)13-26-9-11-27(12-10-26)18(30)14-31-20-23-24-25-28(20)21(3,4)5/h6-8H,9-14H2,1-5H3,(H,22,29). The lowest BCUT2D eigenvalue weighted by atomic mass is 10.1. The number of nitrogens with zero attached hydrogens (tertiary/aromatic N) is 6. The van der Waals surface area contributed by atoms with Gasteiger partial charge in [0.2, 0.25) is 17.0 Å². The molecule has 2 amide bonds. The van der Waals surface area contributed by atoms with E-state index in [0.717, 1.165) is 16.8 Å². The first-order valence-electron chi connectivity index (χ1n) is 10.4. The number of aromatic nitrogens is 4. The molecule has 1 aromatic carbocycles. The number of nitrogens with one attached hydrogen (secondary N) is 1. The van der Waals surface area contributed by atoms with E-state index in [1.165, 1.54) is 11.8 Å². The normalized spacial score (nSPS) is 15.2. The van der Waals surface area contributed by atoms with Gasteiger partial charge in [0.1, 0.15) is 0 Å². The number of tetrazole rings is 1. The monoisotopic (exact) mass is 445 g/mol. The van der Waals surface area contributed by atoms with Crippen LogP contribution in [0.1, 0.15) is 31.9 Å². The molecule has 0 radical (unpaired) electrons. The molecule has 9 nitrogen and oxygen atoms in total. The van der Waals surface area contributed by atoms with Crippen LogP contribution in [-0.4, -0.2) is 80.3 Å². The van der Waals surface area contributed by atoms with Crippen LogP contribution in [0.15, 0.2) is 23.4 Å². The second-order valence-electron chi connectivity index (χ2n) is 8.80. The van der Waals surface area contributed by atoms with Gasteiger partial charge in [-0.25, -0.2) is 4.68 Å². The highest BCUT2D eigenvalue weighted by Gasteiger charge is 2.25. The first-order chi connectivity index (χ1) is 14.6. The highest BCUT2D eigenvalue weighted by Crippen LogP contribution is 2.22. The number of hydrogen-bond acceptors (Lipinski definition) is 7. The Morgan fingerprint density at radius 1 is 1.10 bits per heavy atom. The Balaban J connectivity index is 1.44. The van der Waals surface area contributed by atoms with Gasteiger partial charge in [-0.05, 0) is 56.2 Å². The maximum absolute atomic E-state index is 12.6. The molecule has 10 heteroatoms. The fraction of sp³-hybridized carbons (Fsp3) is 0.571. The van der Waals surface area contributed by atoms with E-state index in [1.54, 1.807) is 4.68 Å². The minimum atomic E-state index is -0.238. The summed E-state index contributed by atoms with van der Waals surface area (Å²) in [5.74, 6) is 0.332. The number of piperazine rings is 1. The summed E-state index contributed by atoms with van der Waals surface area (Å²) in [6.07, 6.45) is 0. The van der Waals surface area contributed by atoms with E-state index in [0.29, 0.717) is 43.6 Å². The van der Waals surface area contributed by atoms with Gasteiger partial charge in [-0.2, -0.15) is 0 Å². The minimum absolute atomic E-state index is 0.0262. The van der Waals surface area contributed by atoms with Crippen molar-refractivity contribution in [1.29, 1.82) is 0 Å². The second-order valence-corrected chi connectivity index (χ2v) is 9.75. The minimum Gasteiger partial charge on any atom is -0.339 e. The molecule has 0 bridgehead atoms. The molecular formula is C21H31N7O2S. The molecule has 2 aromatic rings. The summed E-state index contributed by atoms with van der Waals surface area (Å²) in [6.45, 7) is 12.9. The molecule has 3 rings (SSSR count). The van der Waals surface area contributed by atoms with Gasteiger partial charge < -0.3 is 10.2 Å². The zero-order valence-electron chi connectivity index (χ0n) is 18.9. The topological polar surface area (TPSA) is 96.2 Å². The lowest BCUT2D eigenvalue weighted by Crippen LogP contribution is -2.51. The van der Waals surface area contributed by atoms with E-state index in [4.69, 9.17) is 0 Å². The van der Waals surface area contributed by atoms with Crippen molar-refractivity contribution in [3.63, 3.8) is 0 Å². The molecule has 1 saturated heterocycles. The van der Waals surface area contributed by atoms with Crippen LogP contribution in [0.25, 0.3) is 0 Å². The number of carbonyl (C=O) groups is 2. The van der Waals surface area contributed by atoms with Gasteiger partial charge in [0.25, 0.3) is 0 Å². The number of rotatable bonds is 6. The van der Waals surface area contributed by atoms with Crippen LogP contribution in [-0.2, 0) is 15.1 Å². The predicted molar refractivity (Wildman–Crippen MR) is 121 cm³/mol. The molecule has 0 spiro atoms. The predicted octanol–water partition coefficient (Wildman–Crippen LogP) is 1.92. The highest BCUT2D eigenvalue weighted by molar-refractivity contribution is 7.99. The van der Waals surface area contributed by atoms with Gasteiger partial charge in [-0.15, -0.1) is 5.10 Å². The van der Waals surface area contributed by atoms with Crippen molar-refractivity contribution in [2.24, 2.45) is 0 Å². The molecule has 1 aliphatic heterocycles. The Labute approximate surface area is 187 Å². The van der Waals surface area contributed by atoms with Gasteiger partial charge in [0, 0.05) is 31.9 Å². The van der Waals surface area contributed by atoms with Crippen LogP contribution >= 0.6 is 11.8 Å². The molecule has 0 unspecified atom stereocenters. The number of thioether (sulfide) groups is 1. The third-order valence-electron chi connectivity index (χ3n) is 5.24. The molecule has 2 heterocycles. The largest absolute Gasteiger partial charge is 0.339 e. The molecule has 0 aliphatic carbocycles. The zero-order chi connectivity index (χ0) is 22.6. The second kappa shape index (κ2) is 9.78. The number of anilines is 1. The molecule has 1 aromatic heterocycles. The Kier molecular flexibility index (Phi) is 7.32. The molecule has 0 atom stereocenters. The summed E-state index contributed by atoms with van der Waals surface area (Å²) < 4.78 is 1.73. The molecule has 168 valence electrons. The summed E-state index contributed by atoms with van der Waals surface area (Å²) in [6, 6.07) is 5.97. The molecule has 1 N–H and O–H groups in total. The third kappa shape index (κ3) is 6.04. The fourth-order valence-corrected chi connectivity index (χ4v) is 4.42. The lowest BCUT2D eigenvalue weighted by Gasteiger charge is -2.34. The molecular weight excluding hydrogens is 414 g/mol. The van der Waals surface area contributed by atoms with Crippen LogP contribution in [0.3, 0.4) is 0 Å². The van der Waals surface area contributed by atoms with Gasteiger partial charge >= 0.3 is 0 Å². The maximum atomic E-state index is 12.6. The summed E-state index contributed by atoms with van der Waals surface area (Å²) in [5, 5.41) is 15.5. The van der Waals surface area contributed by atoms with E-state index < -0.39 is 0 Å². The van der Waals surface area contributed by atoms with Gasteiger partial charge in [0.15, 0.2) is 0 Å². The first kappa shape index (κ1) is 23.2. The van der Waals surface area contributed by atoms with Gasteiger partial charge in [0.05, 0.1) is 17.8 Å². The number of para-hydroxylation sites is 1. The lowest BCUT2D eigenvalue weighted by molar-refractivity contribution is -0.130. The smallest absolute Gasteiger partial charge is 0.238 e. The van der Waals surface area contributed by atoms with Crippen molar-refractivity contribution in [3.8, 4) is 0 Å². The maximum Gasteiger partial charge on any atom is 0.238 e. The zero-order valence-corrected chi connectivity index (χ0v) is 19.7. The molecule has 1 fully saturated rings. The molecule has 31 heavy (non-hydrogen) atoms. The van der Waals surface area contributed by atoms with Crippen LogP contribution in [0.2, 0.25) is 0 Å². The van der Waals surface area contributed by atoms with Gasteiger partial charge in [-0.1, -0.05) is 30.0 Å². The van der Waals surface area contributed by atoms with Crippen molar-refractivity contribution in [2.45, 2.75) is 45.3 Å². The van der Waals surface area contributed by atoms with Crippen molar-refractivity contribution in [2.75, 3.05) is 43.8 Å². The van der Waals surface area contributed by atoms with Crippen molar-refractivity contribution in [3.05, 3.63) is 29.3 Å². The quantitative estimate of drug-likeness (QED) is 0.679. The van der Waals surface area contributed by atoms with Crippen LogP contribution < -0.4 is 5.32 Å². The van der Waals surface area contributed by atoms with E-state index in [9.17, 15) is 9.59 Å². The Bertz CT molecular complexity index is 910. The average Bonchev–Trinajstić information content (AvgIpc) is 3.19. The fourth-order valence-electron chi connectivity index (χ4n) is 3.46. The first-order valence-corrected chi connectivity index (χ1v) is 11.4. The molecule has 0 saturated carbocycles. The molecule has 1 aliphatic rings. The van der Waals surface area contributed by atoms with E-state index in [-0.39, 0.29) is 17.4 Å². The summed E-state index contributed by atoms with van der Waals surface area (Å²) in [5.41, 5.74) is 2.76. The van der Waals surface area contributed by atoms with E-state index >= 15 is 0 Å². The van der Waals surface area contributed by atoms with Crippen LogP contribution in [0.4, 0.5) is 5.69 Å². The summed E-state index contributed by atoms with van der Waals surface area (Å²) in [4.78, 5) is 29.0. The van der Waals surface area contributed by atoms with Crippen molar-refractivity contribution < 1.29 is 9.59 Å². The SMILES string of the molecule is Cc1cccc(C)c1NC(=O)CN1CCN(C(=O)CSc2nnnn2C(C)(C)C)CC1. The highest BCUT2D eigenvalue weighted by atomic mass is 32.2. The van der Waals surface area contributed by atoms with Crippen molar-refractivity contribution in [1.82, 2.24) is 30.0 Å². The number of benzene rings is 1. The van der Waals surface area contributed by atoms with Gasteiger partial charge in [-0.3, -0.25) is 14.5 Å². The summed E-state index contributed by atoms with van der Waals surface area (Å²) >= 11 is 1.36. The van der Waals surface area contributed by atoms with Crippen LogP contribution in [0, 0.1) is 13.8 Å². The number of amides is 2. The van der Waals surface area contributed by atoms with E-state index in [2.05, 4.69) is 25.7 Å². The average molecular weight is 446 g/mol. The number of hydrogen-bond donors (Lipinski definition) is 1. The summed E-state index contributed by atoms with van der Waals surface area (Å²) in [7, 11) is 0. The Morgan fingerprint density at radius 3 is 2.35 bits per heavy atom. The number of aryl methyl sites for hydroxylation is 2. The third-order valence-corrected chi connectivity index (χ3v) is 6.14. The Hall–Kier alpha value is -2.46. The van der Waals surface area contributed by atoms with E-state index in [1.807, 2.05) is 57.7 Å². The van der Waals surface area contributed by atoms with Crippen LogP contribution in [0.5, 0.6) is 0 Å². The Morgan fingerprint density at radius 2 is 1.74 bits per heavy atom. The van der Waals surface area contributed by atoms with Crippen molar-refractivity contribution >= 4 is 29.3 Å².